The number of hydrogen-bond donors (Lipinski definition) is 0. The van der Waals surface area contributed by atoms with Crippen molar-refractivity contribution < 1.29 is 4.79 Å². The van der Waals surface area contributed by atoms with Crippen molar-refractivity contribution in [2.24, 2.45) is 5.92 Å². The van der Waals surface area contributed by atoms with Crippen LogP contribution in [0.2, 0.25) is 0 Å². The van der Waals surface area contributed by atoms with E-state index >= 15 is 0 Å². The summed E-state index contributed by atoms with van der Waals surface area (Å²) in [6.07, 6.45) is 4.95. The highest BCUT2D eigenvalue weighted by molar-refractivity contribution is 8.00. The second-order valence-electron chi connectivity index (χ2n) is 6.40. The molecule has 24 heavy (non-hydrogen) atoms. The molecule has 2 aromatic heterocycles. The van der Waals surface area contributed by atoms with Gasteiger partial charge in [0.05, 0.1) is 5.25 Å². The molecule has 2 aromatic rings. The first-order valence-corrected chi connectivity index (χ1v) is 10.2. The van der Waals surface area contributed by atoms with E-state index in [1.54, 1.807) is 17.7 Å². The van der Waals surface area contributed by atoms with Gasteiger partial charge in [-0.15, -0.1) is 21.5 Å². The van der Waals surface area contributed by atoms with E-state index in [2.05, 4.69) is 34.6 Å². The summed E-state index contributed by atoms with van der Waals surface area (Å²) in [4.78, 5) is 16.0. The molecule has 0 radical (unpaired) electrons. The van der Waals surface area contributed by atoms with Crippen LogP contribution in [-0.4, -0.2) is 43.9 Å². The zero-order chi connectivity index (χ0) is 16.9. The van der Waals surface area contributed by atoms with Crippen molar-refractivity contribution in [2.45, 2.75) is 50.1 Å². The number of piperidine rings is 1. The summed E-state index contributed by atoms with van der Waals surface area (Å²) in [5.41, 5.74) is 0. The number of thiophene rings is 1. The van der Waals surface area contributed by atoms with E-state index in [9.17, 15) is 4.79 Å². The summed E-state index contributed by atoms with van der Waals surface area (Å²) in [6, 6.07) is 4.22. The lowest BCUT2D eigenvalue weighted by molar-refractivity contribution is -0.131. The molecule has 0 bridgehead atoms. The first kappa shape index (κ1) is 17.5. The van der Waals surface area contributed by atoms with Crippen LogP contribution in [0.4, 0.5) is 0 Å². The highest BCUT2D eigenvalue weighted by Gasteiger charge is 2.26. The topological polar surface area (TPSA) is 51.0 Å². The number of carbonyl (C=O) groups is 1. The molecule has 1 aliphatic rings. The van der Waals surface area contributed by atoms with Gasteiger partial charge in [0.15, 0.2) is 5.16 Å². The number of nitrogens with zero attached hydrogens (tertiary/aromatic N) is 4. The molecule has 7 heteroatoms. The number of amides is 1. The van der Waals surface area contributed by atoms with Crippen molar-refractivity contribution in [1.29, 1.82) is 0 Å². The van der Waals surface area contributed by atoms with Crippen LogP contribution in [0.3, 0.4) is 0 Å². The second-order valence-corrected chi connectivity index (χ2v) is 8.74. The molecule has 3 heterocycles. The minimum absolute atomic E-state index is 0.122. The van der Waals surface area contributed by atoms with Gasteiger partial charge in [0.1, 0.15) is 6.33 Å². The van der Waals surface area contributed by atoms with Crippen molar-refractivity contribution in [3.8, 4) is 0 Å². The van der Waals surface area contributed by atoms with E-state index in [1.807, 2.05) is 16.4 Å². The van der Waals surface area contributed by atoms with Gasteiger partial charge in [0.2, 0.25) is 5.91 Å². The SMILES string of the molecule is CC1CCN(C(=O)C(C)Sc2nncn2CCc2cccs2)CC1. The van der Waals surface area contributed by atoms with Crippen LogP contribution in [-0.2, 0) is 17.8 Å². The van der Waals surface area contributed by atoms with Crippen molar-refractivity contribution >= 4 is 29.0 Å². The number of aryl methyl sites for hydroxylation is 2. The average Bonchev–Trinajstić information content (AvgIpc) is 3.24. The van der Waals surface area contributed by atoms with Gasteiger partial charge in [-0.25, -0.2) is 0 Å². The van der Waals surface area contributed by atoms with Gasteiger partial charge in [0, 0.05) is 24.5 Å². The van der Waals surface area contributed by atoms with Gasteiger partial charge >= 0.3 is 0 Å². The van der Waals surface area contributed by atoms with Crippen LogP contribution < -0.4 is 0 Å². The zero-order valence-corrected chi connectivity index (χ0v) is 15.9. The maximum absolute atomic E-state index is 12.6. The summed E-state index contributed by atoms with van der Waals surface area (Å²) < 4.78 is 2.05. The minimum atomic E-state index is -0.122. The van der Waals surface area contributed by atoms with Crippen LogP contribution in [0.5, 0.6) is 0 Å². The second kappa shape index (κ2) is 8.16. The fourth-order valence-corrected chi connectivity index (χ4v) is 4.50. The Hall–Kier alpha value is -1.34. The maximum atomic E-state index is 12.6. The van der Waals surface area contributed by atoms with Gasteiger partial charge in [0.25, 0.3) is 0 Å². The molecule has 3 rings (SSSR count). The number of likely N-dealkylation sites (tertiary alicyclic amines) is 1. The van der Waals surface area contributed by atoms with E-state index < -0.39 is 0 Å². The molecule has 1 amide bonds. The first-order chi connectivity index (χ1) is 11.6. The van der Waals surface area contributed by atoms with E-state index in [-0.39, 0.29) is 11.2 Å². The molecule has 130 valence electrons. The normalized spacial score (nSPS) is 17.2. The molecule has 5 nitrogen and oxygen atoms in total. The molecule has 1 aliphatic heterocycles. The minimum Gasteiger partial charge on any atom is -0.342 e. The summed E-state index contributed by atoms with van der Waals surface area (Å²) in [7, 11) is 0. The number of carbonyl (C=O) groups excluding carboxylic acids is 1. The largest absolute Gasteiger partial charge is 0.342 e. The lowest BCUT2D eigenvalue weighted by Crippen LogP contribution is -2.41. The number of aromatic nitrogens is 3. The Morgan fingerprint density at radius 3 is 2.96 bits per heavy atom. The smallest absolute Gasteiger partial charge is 0.235 e. The van der Waals surface area contributed by atoms with Gasteiger partial charge < -0.3 is 9.47 Å². The Morgan fingerprint density at radius 1 is 1.46 bits per heavy atom. The predicted octanol–water partition coefficient (Wildman–Crippen LogP) is 3.32. The summed E-state index contributed by atoms with van der Waals surface area (Å²) in [5, 5.41) is 11.0. The monoisotopic (exact) mass is 364 g/mol. The number of hydrogen-bond acceptors (Lipinski definition) is 5. The molecule has 1 saturated heterocycles. The molecule has 0 aromatic carbocycles. The third-order valence-corrected chi connectivity index (χ3v) is 6.50. The van der Waals surface area contributed by atoms with Gasteiger partial charge in [-0.2, -0.15) is 0 Å². The molecule has 0 saturated carbocycles. The average molecular weight is 365 g/mol. The lowest BCUT2D eigenvalue weighted by atomic mass is 9.99. The Balaban J connectivity index is 1.55. The third kappa shape index (κ3) is 4.39. The number of rotatable bonds is 6. The Kier molecular flexibility index (Phi) is 5.94. The molecule has 1 unspecified atom stereocenters. The van der Waals surface area contributed by atoms with Crippen molar-refractivity contribution in [2.75, 3.05) is 13.1 Å². The van der Waals surface area contributed by atoms with Crippen LogP contribution in [0, 0.1) is 5.92 Å². The van der Waals surface area contributed by atoms with E-state index in [0.717, 1.165) is 50.0 Å². The van der Waals surface area contributed by atoms with Crippen molar-refractivity contribution in [1.82, 2.24) is 19.7 Å². The molecule has 0 spiro atoms. The zero-order valence-electron chi connectivity index (χ0n) is 14.2. The Morgan fingerprint density at radius 2 is 2.25 bits per heavy atom. The molecular formula is C17H24N4OS2. The van der Waals surface area contributed by atoms with Crippen LogP contribution >= 0.6 is 23.1 Å². The van der Waals surface area contributed by atoms with Gasteiger partial charge in [-0.05, 0) is 43.6 Å². The van der Waals surface area contributed by atoms with Crippen LogP contribution in [0.15, 0.2) is 29.0 Å². The highest BCUT2D eigenvalue weighted by Crippen LogP contribution is 2.25. The maximum Gasteiger partial charge on any atom is 0.235 e. The summed E-state index contributed by atoms with van der Waals surface area (Å²) >= 11 is 3.28. The summed E-state index contributed by atoms with van der Waals surface area (Å²) in [6.45, 7) is 6.85. The highest BCUT2D eigenvalue weighted by atomic mass is 32.2. The van der Waals surface area contributed by atoms with Crippen molar-refractivity contribution in [3.63, 3.8) is 0 Å². The van der Waals surface area contributed by atoms with Gasteiger partial charge in [-0.3, -0.25) is 4.79 Å². The molecule has 0 N–H and O–H groups in total. The molecule has 0 aliphatic carbocycles. The van der Waals surface area contributed by atoms with E-state index in [1.165, 1.54) is 16.6 Å². The molecular weight excluding hydrogens is 340 g/mol. The van der Waals surface area contributed by atoms with Crippen molar-refractivity contribution in [3.05, 3.63) is 28.7 Å². The fourth-order valence-electron chi connectivity index (χ4n) is 2.87. The standard InChI is InChI=1S/C17H24N4OS2/c1-13-5-8-20(9-6-13)16(22)14(2)24-17-19-18-12-21(17)10-7-15-4-3-11-23-15/h3-4,11-14H,5-10H2,1-2H3. The van der Waals surface area contributed by atoms with Gasteiger partial charge in [-0.1, -0.05) is 24.8 Å². The Labute approximate surface area is 151 Å². The van der Waals surface area contributed by atoms with E-state index in [4.69, 9.17) is 0 Å². The lowest BCUT2D eigenvalue weighted by Gasteiger charge is -2.31. The van der Waals surface area contributed by atoms with E-state index in [0.29, 0.717) is 0 Å². The number of thioether (sulfide) groups is 1. The third-order valence-electron chi connectivity index (χ3n) is 4.48. The quantitative estimate of drug-likeness (QED) is 0.738. The van der Waals surface area contributed by atoms with Crippen LogP contribution in [0.25, 0.3) is 0 Å². The first-order valence-electron chi connectivity index (χ1n) is 8.49. The fraction of sp³-hybridized carbons (Fsp3) is 0.588. The van der Waals surface area contributed by atoms with Crippen LogP contribution in [0.1, 0.15) is 31.6 Å². The summed E-state index contributed by atoms with van der Waals surface area (Å²) in [5.74, 6) is 0.956. The molecule has 1 fully saturated rings. The predicted molar refractivity (Wildman–Crippen MR) is 98.3 cm³/mol. The molecule has 1 atom stereocenters. The Bertz CT molecular complexity index is 647.